The predicted molar refractivity (Wildman–Crippen MR) is 105 cm³/mol. The Morgan fingerprint density at radius 1 is 1.20 bits per heavy atom. The zero-order valence-corrected chi connectivity index (χ0v) is 16.0. The molecule has 5 heteroatoms. The normalized spacial score (nSPS) is 11.1. The fourth-order valence-corrected chi connectivity index (χ4v) is 2.80. The van der Waals surface area contributed by atoms with Gasteiger partial charge in [0.05, 0.1) is 5.69 Å². The van der Waals surface area contributed by atoms with Crippen molar-refractivity contribution in [2.75, 3.05) is 10.6 Å². The molecule has 2 N–H and O–H groups in total. The lowest BCUT2D eigenvalue weighted by atomic mass is 9.98. The van der Waals surface area contributed by atoms with Gasteiger partial charge in [-0.2, -0.15) is 5.26 Å². The summed E-state index contributed by atoms with van der Waals surface area (Å²) in [4.78, 5) is 12.5. The number of hydrogen-bond acceptors (Lipinski definition) is 3. The molecule has 0 saturated carbocycles. The van der Waals surface area contributed by atoms with Crippen LogP contribution in [0.2, 0.25) is 0 Å². The fourth-order valence-electron chi connectivity index (χ4n) is 2.40. The second-order valence-corrected chi connectivity index (χ2v) is 6.80. The second kappa shape index (κ2) is 8.50. The summed E-state index contributed by atoms with van der Waals surface area (Å²) in [6.07, 6.45) is 1.42. The van der Waals surface area contributed by atoms with Crippen LogP contribution < -0.4 is 10.6 Å². The number of hydrogen-bond donors (Lipinski definition) is 2. The van der Waals surface area contributed by atoms with Crippen molar-refractivity contribution in [3.8, 4) is 6.07 Å². The van der Waals surface area contributed by atoms with Gasteiger partial charge in [-0.3, -0.25) is 4.79 Å². The van der Waals surface area contributed by atoms with Crippen molar-refractivity contribution in [1.29, 1.82) is 5.26 Å². The number of para-hydroxylation sites is 2. The molecular weight excluding hydrogens is 378 g/mol. The number of nitrogens with zero attached hydrogens (tertiary/aromatic N) is 1. The molecule has 2 aromatic carbocycles. The third-order valence-electron chi connectivity index (χ3n) is 3.78. The number of nitriles is 1. The monoisotopic (exact) mass is 397 g/mol. The molecule has 128 valence electrons. The summed E-state index contributed by atoms with van der Waals surface area (Å²) in [6, 6.07) is 15.3. The van der Waals surface area contributed by atoms with E-state index in [-0.39, 0.29) is 11.5 Å². The minimum Gasteiger partial charge on any atom is -0.359 e. The van der Waals surface area contributed by atoms with Gasteiger partial charge in [-0.15, -0.1) is 0 Å². The molecule has 0 unspecified atom stereocenters. The lowest BCUT2D eigenvalue weighted by molar-refractivity contribution is -0.112. The van der Waals surface area contributed by atoms with Crippen molar-refractivity contribution in [2.24, 2.45) is 0 Å². The molecule has 0 aliphatic carbocycles. The molecular formula is C20H20BrN3O. The molecule has 2 aromatic rings. The number of rotatable bonds is 5. The Morgan fingerprint density at radius 2 is 1.92 bits per heavy atom. The number of amides is 1. The van der Waals surface area contributed by atoms with E-state index in [2.05, 4.69) is 40.4 Å². The van der Waals surface area contributed by atoms with Gasteiger partial charge in [0.15, 0.2) is 0 Å². The van der Waals surface area contributed by atoms with E-state index in [1.165, 1.54) is 6.20 Å². The molecule has 0 radical (unpaired) electrons. The lowest BCUT2D eigenvalue weighted by Gasteiger charge is -2.16. The number of aryl methyl sites for hydroxylation is 1. The number of anilines is 2. The van der Waals surface area contributed by atoms with E-state index < -0.39 is 5.91 Å². The van der Waals surface area contributed by atoms with Gasteiger partial charge in [0.1, 0.15) is 11.6 Å². The number of carbonyl (C=O) groups excluding carboxylic acids is 1. The Morgan fingerprint density at radius 3 is 2.56 bits per heavy atom. The Hall–Kier alpha value is -2.58. The van der Waals surface area contributed by atoms with Gasteiger partial charge in [0, 0.05) is 16.4 Å². The highest BCUT2D eigenvalue weighted by molar-refractivity contribution is 9.10. The van der Waals surface area contributed by atoms with Crippen molar-refractivity contribution in [3.05, 3.63) is 69.8 Å². The van der Waals surface area contributed by atoms with E-state index in [0.29, 0.717) is 0 Å². The third-order valence-corrected chi connectivity index (χ3v) is 4.47. The van der Waals surface area contributed by atoms with E-state index in [1.807, 2.05) is 55.5 Å². The average molecular weight is 398 g/mol. The molecule has 0 aromatic heterocycles. The Bertz CT molecular complexity index is 850. The first-order valence-electron chi connectivity index (χ1n) is 7.96. The number of halogens is 1. The zero-order valence-electron chi connectivity index (χ0n) is 14.4. The van der Waals surface area contributed by atoms with Crippen molar-refractivity contribution in [1.82, 2.24) is 0 Å². The van der Waals surface area contributed by atoms with Crippen LogP contribution in [-0.2, 0) is 4.79 Å². The average Bonchev–Trinajstić information content (AvgIpc) is 2.58. The molecule has 0 spiro atoms. The molecule has 0 saturated heterocycles. The number of carbonyl (C=O) groups is 1. The van der Waals surface area contributed by atoms with Crippen molar-refractivity contribution < 1.29 is 4.79 Å². The topological polar surface area (TPSA) is 64.9 Å². The molecule has 0 fully saturated rings. The van der Waals surface area contributed by atoms with Gasteiger partial charge in [0.2, 0.25) is 0 Å². The van der Waals surface area contributed by atoms with E-state index in [4.69, 9.17) is 0 Å². The summed E-state index contributed by atoms with van der Waals surface area (Å²) >= 11 is 3.42. The van der Waals surface area contributed by atoms with Gasteiger partial charge in [0.25, 0.3) is 5.91 Å². The maximum atomic E-state index is 12.5. The van der Waals surface area contributed by atoms with Gasteiger partial charge < -0.3 is 10.6 Å². The first-order chi connectivity index (χ1) is 11.9. The maximum Gasteiger partial charge on any atom is 0.267 e. The molecule has 0 heterocycles. The van der Waals surface area contributed by atoms with Crippen molar-refractivity contribution in [3.63, 3.8) is 0 Å². The summed E-state index contributed by atoms with van der Waals surface area (Å²) in [5.74, 6) is -0.165. The van der Waals surface area contributed by atoms with Gasteiger partial charge >= 0.3 is 0 Å². The van der Waals surface area contributed by atoms with Gasteiger partial charge in [-0.05, 0) is 52.0 Å². The summed E-state index contributed by atoms with van der Waals surface area (Å²) < 4.78 is 0.852. The van der Waals surface area contributed by atoms with Gasteiger partial charge in [-0.1, -0.05) is 44.2 Å². The van der Waals surface area contributed by atoms with E-state index >= 15 is 0 Å². The predicted octanol–water partition coefficient (Wildman–Crippen LogP) is 5.34. The summed E-state index contributed by atoms with van der Waals surface area (Å²) in [5.41, 5.74) is 3.57. The fraction of sp³-hybridized carbons (Fsp3) is 0.200. The van der Waals surface area contributed by atoms with Crippen molar-refractivity contribution >= 4 is 33.2 Å². The van der Waals surface area contributed by atoms with Gasteiger partial charge in [-0.25, -0.2) is 0 Å². The van der Waals surface area contributed by atoms with Crippen LogP contribution in [0.4, 0.5) is 11.4 Å². The van der Waals surface area contributed by atoms with E-state index in [0.717, 1.165) is 27.0 Å². The summed E-state index contributed by atoms with van der Waals surface area (Å²) in [6.45, 7) is 6.08. The highest BCUT2D eigenvalue weighted by atomic mass is 79.9. The van der Waals surface area contributed by atoms with Crippen LogP contribution in [0.5, 0.6) is 0 Å². The molecule has 0 bridgehead atoms. The first-order valence-corrected chi connectivity index (χ1v) is 8.75. The largest absolute Gasteiger partial charge is 0.359 e. The minimum atomic E-state index is -0.432. The van der Waals surface area contributed by atoms with Crippen LogP contribution in [0.1, 0.15) is 30.9 Å². The smallest absolute Gasteiger partial charge is 0.267 e. The highest BCUT2D eigenvalue weighted by Gasteiger charge is 2.15. The van der Waals surface area contributed by atoms with Crippen LogP contribution in [0.15, 0.2) is 58.7 Å². The first kappa shape index (κ1) is 18.8. The molecule has 0 aliphatic rings. The Labute approximate surface area is 156 Å². The van der Waals surface area contributed by atoms with E-state index in [1.54, 1.807) is 0 Å². The lowest BCUT2D eigenvalue weighted by Crippen LogP contribution is -2.17. The summed E-state index contributed by atoms with van der Waals surface area (Å²) in [7, 11) is 0. The second-order valence-electron chi connectivity index (χ2n) is 5.94. The Kier molecular flexibility index (Phi) is 6.37. The van der Waals surface area contributed by atoms with Crippen LogP contribution in [-0.4, -0.2) is 5.91 Å². The van der Waals surface area contributed by atoms with Crippen LogP contribution in [0.3, 0.4) is 0 Å². The molecule has 4 nitrogen and oxygen atoms in total. The van der Waals surface area contributed by atoms with E-state index in [9.17, 15) is 10.1 Å². The number of nitrogens with one attached hydrogen (secondary N) is 2. The van der Waals surface area contributed by atoms with Crippen LogP contribution in [0.25, 0.3) is 0 Å². The standard InChI is InChI=1S/C20H20BrN3O/c1-13(2)16-8-6-7-14(3)19(16)24-20(25)15(11-22)12-23-18-10-5-4-9-17(18)21/h4-10,12-13,23H,1-3H3,(H,24,25)/b15-12-. The molecule has 2 rings (SSSR count). The third kappa shape index (κ3) is 4.71. The van der Waals surface area contributed by atoms with Crippen LogP contribution >= 0.6 is 15.9 Å². The SMILES string of the molecule is Cc1cccc(C(C)C)c1NC(=O)/C(C#N)=C\Nc1ccccc1Br. The zero-order chi connectivity index (χ0) is 18.4. The van der Waals surface area contributed by atoms with Crippen LogP contribution in [0, 0.1) is 18.3 Å². The number of benzene rings is 2. The minimum absolute atomic E-state index is 0.00807. The molecule has 1 amide bonds. The quantitative estimate of drug-likeness (QED) is 0.528. The maximum absolute atomic E-state index is 12.5. The summed E-state index contributed by atoms with van der Waals surface area (Å²) in [5, 5.41) is 15.2. The Balaban J connectivity index is 2.23. The molecule has 0 aliphatic heterocycles. The molecule has 0 atom stereocenters. The van der Waals surface area contributed by atoms with Crippen molar-refractivity contribution in [2.45, 2.75) is 26.7 Å². The highest BCUT2D eigenvalue weighted by Crippen LogP contribution is 2.28. The molecule has 25 heavy (non-hydrogen) atoms.